The third kappa shape index (κ3) is 4.19. The summed E-state index contributed by atoms with van der Waals surface area (Å²) in [5, 5.41) is 12.0. The molecule has 0 aliphatic rings. The van der Waals surface area contributed by atoms with Crippen molar-refractivity contribution in [2.24, 2.45) is 0 Å². The summed E-state index contributed by atoms with van der Waals surface area (Å²) in [5.41, 5.74) is 1.54. The third-order valence-electron chi connectivity index (χ3n) is 3.70. The SMILES string of the molecule is CCCc1cc(N(CC)CC)nc(Nc2ccc(F)c(C#N)c2)n1. The number of anilines is 3. The van der Waals surface area contributed by atoms with Gasteiger partial charge in [-0.1, -0.05) is 13.3 Å². The van der Waals surface area contributed by atoms with Crippen LogP contribution >= 0.6 is 0 Å². The molecule has 24 heavy (non-hydrogen) atoms. The molecule has 2 aromatic rings. The van der Waals surface area contributed by atoms with Crippen molar-refractivity contribution < 1.29 is 4.39 Å². The molecule has 0 unspecified atom stereocenters. The summed E-state index contributed by atoms with van der Waals surface area (Å²) in [7, 11) is 0. The van der Waals surface area contributed by atoms with E-state index in [1.54, 1.807) is 6.07 Å². The van der Waals surface area contributed by atoms with Gasteiger partial charge in [-0.2, -0.15) is 10.2 Å². The molecule has 1 aromatic carbocycles. The van der Waals surface area contributed by atoms with Crippen LogP contribution in [0.1, 0.15) is 38.4 Å². The first-order chi connectivity index (χ1) is 11.6. The van der Waals surface area contributed by atoms with Crippen LogP contribution in [-0.2, 0) is 6.42 Å². The lowest BCUT2D eigenvalue weighted by Crippen LogP contribution is -2.23. The Morgan fingerprint density at radius 2 is 1.92 bits per heavy atom. The molecule has 5 nitrogen and oxygen atoms in total. The largest absolute Gasteiger partial charge is 0.357 e. The van der Waals surface area contributed by atoms with Gasteiger partial charge in [-0.3, -0.25) is 0 Å². The number of rotatable bonds is 7. The fourth-order valence-corrected chi connectivity index (χ4v) is 2.45. The second-order valence-electron chi connectivity index (χ2n) is 5.39. The van der Waals surface area contributed by atoms with Gasteiger partial charge in [-0.05, 0) is 38.5 Å². The van der Waals surface area contributed by atoms with E-state index in [-0.39, 0.29) is 5.56 Å². The molecule has 0 radical (unpaired) electrons. The molecule has 0 spiro atoms. The number of aryl methyl sites for hydroxylation is 1. The molecule has 0 bridgehead atoms. The molecule has 126 valence electrons. The highest BCUT2D eigenvalue weighted by Crippen LogP contribution is 2.21. The Hall–Kier alpha value is -2.68. The van der Waals surface area contributed by atoms with Gasteiger partial charge in [0.2, 0.25) is 5.95 Å². The molecule has 2 rings (SSSR count). The van der Waals surface area contributed by atoms with E-state index in [1.165, 1.54) is 12.1 Å². The second kappa shape index (κ2) is 8.25. The number of nitrogens with zero attached hydrogens (tertiary/aromatic N) is 4. The summed E-state index contributed by atoms with van der Waals surface area (Å²) >= 11 is 0. The van der Waals surface area contributed by atoms with Crippen molar-refractivity contribution in [1.82, 2.24) is 9.97 Å². The lowest BCUT2D eigenvalue weighted by Gasteiger charge is -2.21. The number of nitriles is 1. The minimum Gasteiger partial charge on any atom is -0.357 e. The molecule has 0 saturated carbocycles. The first kappa shape index (κ1) is 17.7. The highest BCUT2D eigenvalue weighted by atomic mass is 19.1. The smallest absolute Gasteiger partial charge is 0.229 e. The first-order valence-corrected chi connectivity index (χ1v) is 8.20. The van der Waals surface area contributed by atoms with Gasteiger partial charge in [0.1, 0.15) is 17.7 Å². The van der Waals surface area contributed by atoms with Gasteiger partial charge in [0, 0.05) is 30.5 Å². The van der Waals surface area contributed by atoms with E-state index in [4.69, 9.17) is 5.26 Å². The van der Waals surface area contributed by atoms with Crippen LogP contribution in [0.5, 0.6) is 0 Å². The van der Waals surface area contributed by atoms with Gasteiger partial charge in [0.15, 0.2) is 0 Å². The van der Waals surface area contributed by atoms with Gasteiger partial charge < -0.3 is 10.2 Å². The number of nitrogens with one attached hydrogen (secondary N) is 1. The standard InChI is InChI=1S/C18H22FN5/c1-4-7-14-11-17(24(5-2)6-3)23-18(21-14)22-15-8-9-16(19)13(10-15)12-20/h8-11H,4-7H2,1-3H3,(H,21,22,23). The van der Waals surface area contributed by atoms with Crippen LogP contribution in [0.4, 0.5) is 21.8 Å². The zero-order valence-electron chi connectivity index (χ0n) is 14.3. The highest BCUT2D eigenvalue weighted by molar-refractivity contribution is 5.58. The van der Waals surface area contributed by atoms with Crippen molar-refractivity contribution in [1.29, 1.82) is 5.26 Å². The molecule has 0 atom stereocenters. The van der Waals surface area contributed by atoms with Crippen molar-refractivity contribution in [2.75, 3.05) is 23.3 Å². The van der Waals surface area contributed by atoms with Crippen molar-refractivity contribution in [3.8, 4) is 6.07 Å². The van der Waals surface area contributed by atoms with Crippen molar-refractivity contribution in [3.63, 3.8) is 0 Å². The first-order valence-electron chi connectivity index (χ1n) is 8.20. The van der Waals surface area contributed by atoms with E-state index in [1.807, 2.05) is 12.1 Å². The summed E-state index contributed by atoms with van der Waals surface area (Å²) in [4.78, 5) is 11.2. The molecule has 0 aliphatic heterocycles. The Bertz CT molecular complexity index is 735. The summed E-state index contributed by atoms with van der Waals surface area (Å²) < 4.78 is 13.4. The molecule has 0 aliphatic carbocycles. The van der Waals surface area contributed by atoms with Crippen LogP contribution in [0.2, 0.25) is 0 Å². The predicted octanol–water partition coefficient (Wildman–Crippen LogP) is 4.03. The Kier molecular flexibility index (Phi) is 6.07. The van der Waals surface area contributed by atoms with Crippen molar-refractivity contribution in [3.05, 3.63) is 41.3 Å². The molecule has 6 heteroatoms. The van der Waals surface area contributed by atoms with E-state index >= 15 is 0 Å². The van der Waals surface area contributed by atoms with Crippen LogP contribution in [0.3, 0.4) is 0 Å². The fourth-order valence-electron chi connectivity index (χ4n) is 2.45. The normalized spacial score (nSPS) is 10.3. The lowest BCUT2D eigenvalue weighted by atomic mass is 10.2. The van der Waals surface area contributed by atoms with Crippen molar-refractivity contribution in [2.45, 2.75) is 33.6 Å². The summed E-state index contributed by atoms with van der Waals surface area (Å²) in [6, 6.07) is 8.14. The monoisotopic (exact) mass is 327 g/mol. The minimum atomic E-state index is -0.535. The maximum Gasteiger partial charge on any atom is 0.229 e. The average molecular weight is 327 g/mol. The van der Waals surface area contributed by atoms with E-state index in [0.29, 0.717) is 11.6 Å². The quantitative estimate of drug-likeness (QED) is 0.832. The minimum absolute atomic E-state index is 0.00585. The highest BCUT2D eigenvalue weighted by Gasteiger charge is 2.10. The van der Waals surface area contributed by atoms with E-state index < -0.39 is 5.82 Å². The summed E-state index contributed by atoms with van der Waals surface area (Å²) in [6.45, 7) is 7.97. The number of hydrogen-bond acceptors (Lipinski definition) is 5. The summed E-state index contributed by atoms with van der Waals surface area (Å²) in [6.07, 6.45) is 1.85. The average Bonchev–Trinajstić information content (AvgIpc) is 2.58. The zero-order chi connectivity index (χ0) is 17.5. The maximum absolute atomic E-state index is 13.4. The molecular weight excluding hydrogens is 305 g/mol. The van der Waals surface area contributed by atoms with Crippen LogP contribution in [0, 0.1) is 17.1 Å². The van der Waals surface area contributed by atoms with Gasteiger partial charge in [-0.15, -0.1) is 0 Å². The predicted molar refractivity (Wildman–Crippen MR) is 94.0 cm³/mol. The van der Waals surface area contributed by atoms with Crippen LogP contribution < -0.4 is 10.2 Å². The van der Waals surface area contributed by atoms with Gasteiger partial charge in [-0.25, -0.2) is 9.37 Å². The fraction of sp³-hybridized carbons (Fsp3) is 0.389. The molecule has 0 amide bonds. The lowest BCUT2D eigenvalue weighted by molar-refractivity contribution is 0.624. The summed E-state index contributed by atoms with van der Waals surface area (Å²) in [5.74, 6) is 0.787. The Balaban J connectivity index is 2.36. The molecule has 1 N–H and O–H groups in total. The zero-order valence-corrected chi connectivity index (χ0v) is 14.3. The van der Waals surface area contributed by atoms with Gasteiger partial charge in [0.05, 0.1) is 5.56 Å². The molecule has 0 fully saturated rings. The number of benzene rings is 1. The molecule has 0 saturated heterocycles. The van der Waals surface area contributed by atoms with Crippen LogP contribution in [0.15, 0.2) is 24.3 Å². The second-order valence-corrected chi connectivity index (χ2v) is 5.39. The van der Waals surface area contributed by atoms with Crippen LogP contribution in [-0.4, -0.2) is 23.1 Å². The maximum atomic E-state index is 13.4. The number of hydrogen-bond donors (Lipinski definition) is 1. The molecular formula is C18H22FN5. The molecule has 1 heterocycles. The number of aromatic nitrogens is 2. The third-order valence-corrected chi connectivity index (χ3v) is 3.70. The topological polar surface area (TPSA) is 64.8 Å². The number of halogens is 1. The van der Waals surface area contributed by atoms with E-state index in [2.05, 4.69) is 41.0 Å². The van der Waals surface area contributed by atoms with Gasteiger partial charge in [0.25, 0.3) is 0 Å². The molecule has 1 aromatic heterocycles. The van der Waals surface area contributed by atoms with Crippen LogP contribution in [0.25, 0.3) is 0 Å². The Morgan fingerprint density at radius 3 is 2.54 bits per heavy atom. The van der Waals surface area contributed by atoms with E-state index in [0.717, 1.165) is 37.4 Å². The van der Waals surface area contributed by atoms with Crippen molar-refractivity contribution >= 4 is 17.5 Å². The Morgan fingerprint density at radius 1 is 1.17 bits per heavy atom. The Labute approximate surface area is 142 Å². The van der Waals surface area contributed by atoms with Gasteiger partial charge >= 0.3 is 0 Å². The van der Waals surface area contributed by atoms with E-state index in [9.17, 15) is 4.39 Å².